The van der Waals surface area contributed by atoms with Crippen LogP contribution >= 0.6 is 0 Å². The molecule has 0 aromatic heterocycles. The number of phenols is 1. The third-order valence-corrected chi connectivity index (χ3v) is 6.11. The Morgan fingerprint density at radius 3 is 2.48 bits per heavy atom. The molecule has 3 aromatic carbocycles. The van der Waals surface area contributed by atoms with Gasteiger partial charge in [-0.25, -0.2) is 0 Å². The van der Waals surface area contributed by atoms with Crippen molar-refractivity contribution in [2.24, 2.45) is 5.41 Å². The minimum atomic E-state index is -0.191. The number of Topliss-reactive ketones (excluding diaryl/α,β-unsaturated/α-hetero) is 1. The molecule has 0 fully saturated rings. The Hall–Kier alpha value is -3.07. The van der Waals surface area contributed by atoms with Crippen LogP contribution in [0.4, 0.5) is 0 Å². The first-order valence-electron chi connectivity index (χ1n) is 10.1. The van der Waals surface area contributed by atoms with Crippen LogP contribution in [0.15, 0.2) is 65.9 Å². The van der Waals surface area contributed by atoms with Gasteiger partial charge in [0, 0.05) is 29.9 Å². The minimum absolute atomic E-state index is 0.111. The van der Waals surface area contributed by atoms with Crippen molar-refractivity contribution in [3.8, 4) is 11.5 Å². The lowest BCUT2D eigenvalue weighted by Crippen LogP contribution is -2.33. The maximum atomic E-state index is 13.3. The molecule has 1 aliphatic heterocycles. The van der Waals surface area contributed by atoms with E-state index in [0.717, 1.165) is 45.4 Å². The van der Waals surface area contributed by atoms with Gasteiger partial charge < -0.3 is 9.84 Å². The van der Waals surface area contributed by atoms with Crippen molar-refractivity contribution in [1.82, 2.24) is 0 Å². The van der Waals surface area contributed by atoms with Crippen LogP contribution in [0, 0.1) is 12.3 Å². The van der Waals surface area contributed by atoms with Gasteiger partial charge in [0.1, 0.15) is 17.3 Å². The van der Waals surface area contributed by atoms with Gasteiger partial charge >= 0.3 is 0 Å². The van der Waals surface area contributed by atoms with E-state index < -0.39 is 0 Å². The number of ether oxygens (including phenoxy) is 1. The van der Waals surface area contributed by atoms with Gasteiger partial charge in [0.05, 0.1) is 0 Å². The van der Waals surface area contributed by atoms with Gasteiger partial charge in [-0.05, 0) is 46.9 Å². The summed E-state index contributed by atoms with van der Waals surface area (Å²) in [5.74, 6) is 1.75. The first kappa shape index (κ1) is 18.0. The molecule has 0 bridgehead atoms. The minimum Gasteiger partial charge on any atom is -0.508 e. The molecule has 3 heteroatoms. The summed E-state index contributed by atoms with van der Waals surface area (Å²) in [4.78, 5) is 13.3. The maximum absolute atomic E-state index is 13.3. The second kappa shape index (κ2) is 6.21. The Kier molecular flexibility index (Phi) is 3.86. The summed E-state index contributed by atoms with van der Waals surface area (Å²) in [5, 5.41) is 12.1. The zero-order chi connectivity index (χ0) is 20.3. The Bertz CT molecular complexity index is 1180. The molecule has 1 atom stereocenters. The average Bonchev–Trinajstić information content (AvgIpc) is 2.66. The van der Waals surface area contributed by atoms with Crippen molar-refractivity contribution in [1.29, 1.82) is 0 Å². The van der Waals surface area contributed by atoms with Crippen molar-refractivity contribution in [2.45, 2.75) is 39.5 Å². The number of hydrogen-bond donors (Lipinski definition) is 1. The van der Waals surface area contributed by atoms with Crippen molar-refractivity contribution in [3.05, 3.63) is 82.6 Å². The zero-order valence-corrected chi connectivity index (χ0v) is 17.0. The lowest BCUT2D eigenvalue weighted by molar-refractivity contribution is -0.118. The first-order chi connectivity index (χ1) is 13.8. The number of benzene rings is 3. The molecule has 1 unspecified atom stereocenters. The monoisotopic (exact) mass is 384 g/mol. The molecule has 0 radical (unpaired) electrons. The fourth-order valence-corrected chi connectivity index (χ4v) is 4.76. The van der Waals surface area contributed by atoms with Gasteiger partial charge in [0.2, 0.25) is 0 Å². The molecule has 29 heavy (non-hydrogen) atoms. The summed E-state index contributed by atoms with van der Waals surface area (Å²) in [6, 6.07) is 17.8. The van der Waals surface area contributed by atoms with Crippen LogP contribution in [0.25, 0.3) is 10.8 Å². The molecular weight excluding hydrogens is 360 g/mol. The number of fused-ring (bicyclic) bond motifs is 3. The molecule has 0 spiro atoms. The van der Waals surface area contributed by atoms with Crippen LogP contribution < -0.4 is 4.74 Å². The number of hydrogen-bond acceptors (Lipinski definition) is 3. The van der Waals surface area contributed by atoms with Crippen LogP contribution in [-0.2, 0) is 4.79 Å². The van der Waals surface area contributed by atoms with Gasteiger partial charge in [-0.1, -0.05) is 55.8 Å². The molecule has 3 nitrogen and oxygen atoms in total. The highest BCUT2D eigenvalue weighted by molar-refractivity contribution is 6.02. The molecule has 5 rings (SSSR count). The van der Waals surface area contributed by atoms with Gasteiger partial charge in [0.25, 0.3) is 0 Å². The number of rotatable bonds is 1. The Balaban J connectivity index is 1.82. The second-order valence-electron chi connectivity index (χ2n) is 9.11. The topological polar surface area (TPSA) is 46.5 Å². The Morgan fingerprint density at radius 1 is 1.00 bits per heavy atom. The predicted octanol–water partition coefficient (Wildman–Crippen LogP) is 6.02. The fraction of sp³-hybridized carbons (Fsp3) is 0.269. The SMILES string of the molecule is Cc1ccc(C2C3=C(CC(C)(C)CC3=O)Oc3ccc4ccc(O)cc4c32)cc1. The number of carbonyl (C=O) groups excluding carboxylic acids is 1. The molecule has 0 saturated carbocycles. The van der Waals surface area contributed by atoms with Crippen LogP contribution in [0.2, 0.25) is 0 Å². The van der Waals surface area contributed by atoms with E-state index in [1.54, 1.807) is 12.1 Å². The van der Waals surface area contributed by atoms with Crippen molar-refractivity contribution < 1.29 is 14.6 Å². The van der Waals surface area contributed by atoms with E-state index >= 15 is 0 Å². The van der Waals surface area contributed by atoms with E-state index in [1.807, 2.05) is 18.2 Å². The van der Waals surface area contributed by atoms with Gasteiger partial charge in [-0.15, -0.1) is 0 Å². The van der Waals surface area contributed by atoms with E-state index in [2.05, 4.69) is 45.0 Å². The molecule has 1 N–H and O–H groups in total. The standard InChI is InChI=1S/C26H24O3/c1-15-4-6-17(7-5-15)23-24-19-12-18(27)10-8-16(19)9-11-21(24)29-22-14-26(2,3)13-20(28)25(22)23/h4-12,23,27H,13-14H2,1-3H3. The van der Waals surface area contributed by atoms with E-state index in [0.29, 0.717) is 6.42 Å². The first-order valence-corrected chi connectivity index (χ1v) is 10.1. The van der Waals surface area contributed by atoms with Gasteiger partial charge in [-0.3, -0.25) is 4.79 Å². The van der Waals surface area contributed by atoms with E-state index in [4.69, 9.17) is 4.74 Å². The fourth-order valence-electron chi connectivity index (χ4n) is 4.76. The van der Waals surface area contributed by atoms with Crippen molar-refractivity contribution >= 4 is 16.6 Å². The summed E-state index contributed by atoms with van der Waals surface area (Å²) in [5.41, 5.74) is 3.89. The normalized spacial score (nSPS) is 20.2. The molecule has 2 aliphatic rings. The highest BCUT2D eigenvalue weighted by Crippen LogP contribution is 2.52. The molecular formula is C26H24O3. The second-order valence-corrected chi connectivity index (χ2v) is 9.11. The van der Waals surface area contributed by atoms with E-state index in [9.17, 15) is 9.90 Å². The number of aromatic hydroxyl groups is 1. The quantitative estimate of drug-likeness (QED) is 0.558. The maximum Gasteiger partial charge on any atom is 0.163 e. The summed E-state index contributed by atoms with van der Waals surface area (Å²) in [7, 11) is 0. The molecule has 0 saturated heterocycles. The van der Waals surface area contributed by atoms with Crippen LogP contribution in [0.5, 0.6) is 11.5 Å². The molecule has 146 valence electrons. The lowest BCUT2D eigenvalue weighted by atomic mass is 9.69. The summed E-state index contributed by atoms with van der Waals surface area (Å²) in [6.07, 6.45) is 1.26. The van der Waals surface area contributed by atoms with Gasteiger partial charge in [0.15, 0.2) is 5.78 Å². The number of allylic oxidation sites excluding steroid dienone is 2. The summed E-state index contributed by atoms with van der Waals surface area (Å²) < 4.78 is 6.34. The van der Waals surface area contributed by atoms with E-state index in [-0.39, 0.29) is 22.9 Å². The number of phenolic OH excluding ortho intramolecular Hbond substituents is 1. The van der Waals surface area contributed by atoms with Crippen molar-refractivity contribution in [3.63, 3.8) is 0 Å². The Morgan fingerprint density at radius 2 is 1.72 bits per heavy atom. The smallest absolute Gasteiger partial charge is 0.163 e. The lowest BCUT2D eigenvalue weighted by Gasteiger charge is -2.38. The third kappa shape index (κ3) is 2.93. The number of aryl methyl sites for hydroxylation is 1. The highest BCUT2D eigenvalue weighted by atomic mass is 16.5. The Labute approximate surface area is 170 Å². The number of carbonyl (C=O) groups is 1. The average molecular weight is 384 g/mol. The largest absolute Gasteiger partial charge is 0.508 e. The molecule has 3 aromatic rings. The molecule has 0 amide bonds. The highest BCUT2D eigenvalue weighted by Gasteiger charge is 2.42. The zero-order valence-electron chi connectivity index (χ0n) is 17.0. The van der Waals surface area contributed by atoms with E-state index in [1.165, 1.54) is 5.56 Å². The molecule has 1 heterocycles. The molecule has 1 aliphatic carbocycles. The summed E-state index contributed by atoms with van der Waals surface area (Å²) in [6.45, 7) is 6.30. The van der Waals surface area contributed by atoms with Crippen LogP contribution in [0.3, 0.4) is 0 Å². The predicted molar refractivity (Wildman–Crippen MR) is 114 cm³/mol. The number of ketones is 1. The third-order valence-electron chi connectivity index (χ3n) is 6.11. The van der Waals surface area contributed by atoms with Crippen LogP contribution in [-0.4, -0.2) is 10.9 Å². The summed E-state index contributed by atoms with van der Waals surface area (Å²) >= 11 is 0. The van der Waals surface area contributed by atoms with Crippen LogP contribution in [0.1, 0.15) is 49.3 Å². The van der Waals surface area contributed by atoms with Crippen molar-refractivity contribution in [2.75, 3.05) is 0 Å². The van der Waals surface area contributed by atoms with Gasteiger partial charge in [-0.2, -0.15) is 0 Å².